The zero-order chi connectivity index (χ0) is 28.9. The SMILES string of the molecule is COc1cc2[nH]c(CCCN3CCN(CCCc4cc5c(OC)c(OC)c(C)cc5[nH]4)CC3)cc2c(OC)c1OC. The van der Waals surface area contributed by atoms with Gasteiger partial charge in [-0.3, -0.25) is 0 Å². The molecule has 1 aliphatic rings. The molecule has 41 heavy (non-hydrogen) atoms. The third-order valence-electron chi connectivity index (χ3n) is 8.27. The summed E-state index contributed by atoms with van der Waals surface area (Å²) in [5, 5.41) is 2.11. The van der Waals surface area contributed by atoms with Gasteiger partial charge < -0.3 is 43.5 Å². The molecule has 0 atom stereocenters. The molecule has 222 valence electrons. The lowest BCUT2D eigenvalue weighted by atomic mass is 10.1. The molecule has 0 radical (unpaired) electrons. The van der Waals surface area contributed by atoms with E-state index in [1.54, 1.807) is 35.5 Å². The van der Waals surface area contributed by atoms with Crippen molar-refractivity contribution in [3.05, 3.63) is 41.2 Å². The number of piperazine rings is 1. The lowest BCUT2D eigenvalue weighted by Gasteiger charge is -2.34. The summed E-state index contributed by atoms with van der Waals surface area (Å²) in [5.41, 5.74) is 5.64. The normalized spacial score (nSPS) is 14.6. The Bertz CT molecular complexity index is 1470. The van der Waals surface area contributed by atoms with Crippen LogP contribution in [0.15, 0.2) is 24.3 Å². The van der Waals surface area contributed by atoms with Gasteiger partial charge in [-0.15, -0.1) is 0 Å². The van der Waals surface area contributed by atoms with Gasteiger partial charge in [0.25, 0.3) is 0 Å². The van der Waals surface area contributed by atoms with E-state index in [2.05, 4.69) is 44.9 Å². The Morgan fingerprint density at radius 2 is 1.05 bits per heavy atom. The molecule has 5 rings (SSSR count). The molecule has 0 aliphatic carbocycles. The van der Waals surface area contributed by atoms with Gasteiger partial charge in [0.15, 0.2) is 23.0 Å². The van der Waals surface area contributed by atoms with Gasteiger partial charge >= 0.3 is 0 Å². The number of aromatic nitrogens is 2. The molecular formula is C32H44N4O5. The third kappa shape index (κ3) is 6.06. The number of hydrogen-bond acceptors (Lipinski definition) is 7. The predicted molar refractivity (Wildman–Crippen MR) is 164 cm³/mol. The van der Waals surface area contributed by atoms with E-state index in [1.807, 2.05) is 6.07 Å². The highest BCUT2D eigenvalue weighted by atomic mass is 16.5. The van der Waals surface area contributed by atoms with Crippen molar-refractivity contribution in [2.24, 2.45) is 0 Å². The summed E-state index contributed by atoms with van der Waals surface area (Å²) in [6, 6.07) is 8.51. The summed E-state index contributed by atoms with van der Waals surface area (Å²) in [4.78, 5) is 12.3. The molecule has 1 saturated heterocycles. The highest BCUT2D eigenvalue weighted by molar-refractivity contribution is 5.92. The fraction of sp³-hybridized carbons (Fsp3) is 0.500. The van der Waals surface area contributed by atoms with Gasteiger partial charge in [0.1, 0.15) is 0 Å². The highest BCUT2D eigenvalue weighted by Crippen LogP contribution is 2.43. The molecule has 9 heteroatoms. The summed E-state index contributed by atoms with van der Waals surface area (Å²) < 4.78 is 27.9. The van der Waals surface area contributed by atoms with Crippen LogP contribution in [0.5, 0.6) is 28.7 Å². The molecule has 3 heterocycles. The molecule has 0 bridgehead atoms. The number of nitrogens with one attached hydrogen (secondary N) is 2. The average Bonchev–Trinajstić information content (AvgIpc) is 3.59. The fourth-order valence-electron chi connectivity index (χ4n) is 6.17. The Morgan fingerprint density at radius 1 is 0.585 bits per heavy atom. The maximum absolute atomic E-state index is 5.67. The Kier molecular flexibility index (Phi) is 9.15. The minimum absolute atomic E-state index is 0.628. The van der Waals surface area contributed by atoms with Crippen LogP contribution in [0.3, 0.4) is 0 Å². The molecule has 9 nitrogen and oxygen atoms in total. The molecule has 0 spiro atoms. The van der Waals surface area contributed by atoms with Crippen molar-refractivity contribution in [2.75, 3.05) is 74.8 Å². The number of hydrogen-bond donors (Lipinski definition) is 2. The van der Waals surface area contributed by atoms with Gasteiger partial charge in [0.05, 0.1) is 41.1 Å². The Balaban J connectivity index is 1.07. The van der Waals surface area contributed by atoms with Gasteiger partial charge in [-0.2, -0.15) is 0 Å². The molecule has 1 aliphatic heterocycles. The Morgan fingerprint density at radius 3 is 1.51 bits per heavy atom. The molecule has 0 saturated carbocycles. The van der Waals surface area contributed by atoms with Gasteiger partial charge in [-0.25, -0.2) is 0 Å². The van der Waals surface area contributed by atoms with E-state index >= 15 is 0 Å². The quantitative estimate of drug-likeness (QED) is 0.231. The minimum Gasteiger partial charge on any atom is -0.493 e. The van der Waals surface area contributed by atoms with E-state index in [0.29, 0.717) is 17.2 Å². The van der Waals surface area contributed by atoms with Crippen molar-refractivity contribution >= 4 is 21.8 Å². The molecule has 1 fully saturated rings. The molecule has 2 aromatic heterocycles. The number of aryl methyl sites for hydroxylation is 3. The van der Waals surface area contributed by atoms with Crippen molar-refractivity contribution in [3.8, 4) is 28.7 Å². The second-order valence-corrected chi connectivity index (χ2v) is 10.8. The van der Waals surface area contributed by atoms with E-state index in [1.165, 1.54) is 11.4 Å². The van der Waals surface area contributed by atoms with Crippen LogP contribution in [-0.2, 0) is 12.8 Å². The molecular weight excluding hydrogens is 520 g/mol. The largest absolute Gasteiger partial charge is 0.493 e. The van der Waals surface area contributed by atoms with E-state index < -0.39 is 0 Å². The standard InChI is InChI=1S/C32H44N4O5/c1-21-17-26-24(30(39-4)29(21)38-3)18-22(33-26)9-7-11-35-13-15-36(16-14-35)12-8-10-23-19-25-27(34-23)20-28(37-2)32(41-6)31(25)40-5/h17-20,33-34H,7-16H2,1-6H3. The first-order valence-corrected chi connectivity index (χ1v) is 14.5. The number of fused-ring (bicyclic) bond motifs is 2. The van der Waals surface area contributed by atoms with Crippen LogP contribution >= 0.6 is 0 Å². The number of aromatic amines is 2. The molecule has 0 amide bonds. The maximum atomic E-state index is 5.67. The molecule has 4 aromatic rings. The van der Waals surface area contributed by atoms with Gasteiger partial charge in [0.2, 0.25) is 5.75 Å². The smallest absolute Gasteiger partial charge is 0.204 e. The van der Waals surface area contributed by atoms with Crippen molar-refractivity contribution in [3.63, 3.8) is 0 Å². The van der Waals surface area contributed by atoms with Gasteiger partial charge in [0, 0.05) is 59.9 Å². The lowest BCUT2D eigenvalue weighted by molar-refractivity contribution is 0.130. The van der Waals surface area contributed by atoms with Crippen LogP contribution in [0.1, 0.15) is 29.8 Å². The van der Waals surface area contributed by atoms with Crippen molar-refractivity contribution < 1.29 is 23.7 Å². The number of rotatable bonds is 13. The lowest BCUT2D eigenvalue weighted by Crippen LogP contribution is -2.46. The monoisotopic (exact) mass is 564 g/mol. The van der Waals surface area contributed by atoms with Crippen LogP contribution in [0.4, 0.5) is 0 Å². The first-order valence-electron chi connectivity index (χ1n) is 14.5. The summed E-state index contributed by atoms with van der Waals surface area (Å²) in [6.45, 7) is 8.77. The highest BCUT2D eigenvalue weighted by Gasteiger charge is 2.20. The molecule has 2 N–H and O–H groups in total. The second-order valence-electron chi connectivity index (χ2n) is 10.8. The summed E-state index contributed by atoms with van der Waals surface area (Å²) >= 11 is 0. The molecule has 2 aromatic carbocycles. The predicted octanol–water partition coefficient (Wildman–Crippen LogP) is 5.18. The third-order valence-corrected chi connectivity index (χ3v) is 8.27. The zero-order valence-corrected chi connectivity index (χ0v) is 25.3. The van der Waals surface area contributed by atoms with Gasteiger partial charge in [-0.05, 0) is 69.5 Å². The van der Waals surface area contributed by atoms with Crippen molar-refractivity contribution in [2.45, 2.75) is 32.6 Å². The number of methoxy groups -OCH3 is 5. The van der Waals surface area contributed by atoms with E-state index in [-0.39, 0.29) is 0 Å². The minimum atomic E-state index is 0.628. The maximum Gasteiger partial charge on any atom is 0.204 e. The van der Waals surface area contributed by atoms with Crippen LogP contribution in [0, 0.1) is 6.92 Å². The van der Waals surface area contributed by atoms with Crippen molar-refractivity contribution in [1.82, 2.24) is 19.8 Å². The number of benzene rings is 2. The topological polar surface area (TPSA) is 84.2 Å². The fourth-order valence-corrected chi connectivity index (χ4v) is 6.17. The zero-order valence-electron chi connectivity index (χ0n) is 25.3. The second kappa shape index (κ2) is 13.0. The first-order chi connectivity index (χ1) is 20.0. The number of nitrogens with zero attached hydrogens (tertiary/aromatic N) is 2. The van der Waals surface area contributed by atoms with Crippen LogP contribution < -0.4 is 23.7 Å². The van der Waals surface area contributed by atoms with Gasteiger partial charge in [-0.1, -0.05) is 0 Å². The van der Waals surface area contributed by atoms with Crippen LogP contribution in [0.25, 0.3) is 21.8 Å². The Labute approximate surface area is 242 Å². The summed E-state index contributed by atoms with van der Waals surface area (Å²) in [7, 11) is 8.35. The van der Waals surface area contributed by atoms with Crippen LogP contribution in [0.2, 0.25) is 0 Å². The average molecular weight is 565 g/mol. The summed E-state index contributed by atoms with van der Waals surface area (Å²) in [6.07, 6.45) is 4.25. The van der Waals surface area contributed by atoms with E-state index in [0.717, 1.165) is 104 Å². The molecule has 0 unspecified atom stereocenters. The summed E-state index contributed by atoms with van der Waals surface area (Å²) in [5.74, 6) is 3.63. The van der Waals surface area contributed by atoms with E-state index in [4.69, 9.17) is 23.7 Å². The van der Waals surface area contributed by atoms with E-state index in [9.17, 15) is 0 Å². The number of H-pyrrole nitrogens is 2. The number of ether oxygens (including phenoxy) is 5. The van der Waals surface area contributed by atoms with Crippen LogP contribution in [-0.4, -0.2) is 94.6 Å². The Hall–Kier alpha value is -3.56. The first kappa shape index (κ1) is 29.0. The van der Waals surface area contributed by atoms with Crippen molar-refractivity contribution in [1.29, 1.82) is 0 Å².